The molecule has 3 rings (SSSR count). The minimum Gasteiger partial charge on any atom is -0.347 e. The molecule has 20 heavy (non-hydrogen) atoms. The molecule has 1 aromatic rings. The Hall–Kier alpha value is -2.09. The summed E-state index contributed by atoms with van der Waals surface area (Å²) in [7, 11) is 0. The molecule has 0 radical (unpaired) electrons. The Morgan fingerprint density at radius 2 is 2.25 bits per heavy atom. The van der Waals surface area contributed by atoms with Gasteiger partial charge in [0.2, 0.25) is 5.82 Å². The summed E-state index contributed by atoms with van der Waals surface area (Å²) in [5.41, 5.74) is -0.0693. The zero-order valence-electron chi connectivity index (χ0n) is 10.5. The van der Waals surface area contributed by atoms with E-state index in [1.807, 2.05) is 4.90 Å². The van der Waals surface area contributed by atoms with E-state index in [2.05, 4.69) is 10.3 Å². The highest BCUT2D eigenvalue weighted by atomic mass is 35.5. The number of pyridine rings is 1. The van der Waals surface area contributed by atoms with Crippen LogP contribution in [-0.4, -0.2) is 53.1 Å². The van der Waals surface area contributed by atoms with Crippen LogP contribution in [-0.2, 0) is 0 Å². The maximum atomic E-state index is 11.5. The van der Waals surface area contributed by atoms with E-state index in [9.17, 15) is 14.9 Å². The third-order valence-corrected chi connectivity index (χ3v) is 3.76. The molecule has 2 fully saturated rings. The number of piperazine rings is 1. The number of aromatic nitrogens is 1. The van der Waals surface area contributed by atoms with Gasteiger partial charge >= 0.3 is 11.7 Å². The van der Waals surface area contributed by atoms with Crippen LogP contribution in [0, 0.1) is 10.1 Å². The van der Waals surface area contributed by atoms with Crippen molar-refractivity contribution in [2.75, 3.05) is 31.1 Å². The third-order valence-electron chi connectivity index (χ3n) is 3.55. The van der Waals surface area contributed by atoms with Gasteiger partial charge in [0.05, 0.1) is 11.0 Å². The van der Waals surface area contributed by atoms with Gasteiger partial charge in [0.1, 0.15) is 5.15 Å². The Morgan fingerprint density at radius 3 is 3.00 bits per heavy atom. The monoisotopic (exact) mass is 297 g/mol. The highest BCUT2D eigenvalue weighted by Gasteiger charge is 2.37. The van der Waals surface area contributed by atoms with Crippen LogP contribution in [0.25, 0.3) is 0 Å². The maximum absolute atomic E-state index is 11.5. The SMILES string of the molecule is O=C1NCC2CN(c3nc(Cl)ccc3[N+](=O)[O-])CCN12. The lowest BCUT2D eigenvalue weighted by Gasteiger charge is -2.36. The lowest BCUT2D eigenvalue weighted by molar-refractivity contribution is -0.384. The molecular weight excluding hydrogens is 286 g/mol. The molecular formula is C11H12ClN5O3. The van der Waals surface area contributed by atoms with Gasteiger partial charge in [0, 0.05) is 32.2 Å². The molecule has 1 N–H and O–H groups in total. The third kappa shape index (κ3) is 2.11. The number of nitro groups is 1. The van der Waals surface area contributed by atoms with Crippen LogP contribution in [0.1, 0.15) is 0 Å². The Kier molecular flexibility index (Phi) is 3.09. The van der Waals surface area contributed by atoms with E-state index in [0.29, 0.717) is 26.2 Å². The molecule has 1 atom stereocenters. The van der Waals surface area contributed by atoms with Crippen molar-refractivity contribution in [1.29, 1.82) is 0 Å². The van der Waals surface area contributed by atoms with Gasteiger partial charge in [-0.15, -0.1) is 0 Å². The molecule has 2 aliphatic rings. The number of halogens is 1. The van der Waals surface area contributed by atoms with Crippen molar-refractivity contribution in [2.24, 2.45) is 0 Å². The Morgan fingerprint density at radius 1 is 1.45 bits per heavy atom. The minimum atomic E-state index is -0.469. The molecule has 0 aromatic carbocycles. The Balaban J connectivity index is 1.89. The molecule has 1 unspecified atom stereocenters. The van der Waals surface area contributed by atoms with Gasteiger partial charge in [-0.2, -0.15) is 0 Å². The van der Waals surface area contributed by atoms with Crippen molar-refractivity contribution in [3.05, 3.63) is 27.4 Å². The van der Waals surface area contributed by atoms with Crippen molar-refractivity contribution in [3.63, 3.8) is 0 Å². The fourth-order valence-corrected chi connectivity index (χ4v) is 2.73. The first-order valence-corrected chi connectivity index (χ1v) is 6.54. The van der Waals surface area contributed by atoms with Crippen LogP contribution < -0.4 is 10.2 Å². The van der Waals surface area contributed by atoms with Crippen molar-refractivity contribution in [3.8, 4) is 0 Å². The molecule has 9 heteroatoms. The van der Waals surface area contributed by atoms with Crippen LogP contribution in [0.2, 0.25) is 5.15 Å². The molecule has 0 spiro atoms. The first-order valence-electron chi connectivity index (χ1n) is 6.16. The molecule has 0 bridgehead atoms. The smallest absolute Gasteiger partial charge is 0.317 e. The number of carbonyl (C=O) groups excluding carboxylic acids is 1. The summed E-state index contributed by atoms with van der Waals surface area (Å²) in [5, 5.41) is 14.1. The summed E-state index contributed by atoms with van der Waals surface area (Å²) < 4.78 is 0. The van der Waals surface area contributed by atoms with Crippen LogP contribution >= 0.6 is 11.6 Å². The van der Waals surface area contributed by atoms with Crippen molar-refractivity contribution < 1.29 is 9.72 Å². The summed E-state index contributed by atoms with van der Waals surface area (Å²) in [6, 6.07) is 2.69. The number of hydrogen-bond acceptors (Lipinski definition) is 5. The Labute approximate surface area is 119 Å². The number of nitrogens with zero attached hydrogens (tertiary/aromatic N) is 4. The topological polar surface area (TPSA) is 91.6 Å². The van der Waals surface area contributed by atoms with Gasteiger partial charge in [-0.1, -0.05) is 11.6 Å². The van der Waals surface area contributed by atoms with Gasteiger partial charge in [0.25, 0.3) is 0 Å². The predicted octanol–water partition coefficient (Wildman–Crippen LogP) is 0.857. The minimum absolute atomic E-state index is 0.0108. The second-order valence-corrected chi connectivity index (χ2v) is 5.10. The van der Waals surface area contributed by atoms with Crippen LogP contribution in [0.3, 0.4) is 0 Å². The number of rotatable bonds is 2. The molecule has 2 saturated heterocycles. The fourth-order valence-electron chi connectivity index (χ4n) is 2.59. The number of nitrogens with one attached hydrogen (secondary N) is 1. The maximum Gasteiger partial charge on any atom is 0.317 e. The molecule has 3 heterocycles. The summed E-state index contributed by atoms with van der Waals surface area (Å²) in [6.07, 6.45) is 0. The highest BCUT2D eigenvalue weighted by Crippen LogP contribution is 2.29. The summed E-state index contributed by atoms with van der Waals surface area (Å²) >= 11 is 5.84. The second kappa shape index (κ2) is 4.78. The second-order valence-electron chi connectivity index (χ2n) is 4.71. The molecule has 106 valence electrons. The number of amides is 2. The standard InChI is InChI=1S/C11H12ClN5O3/c12-9-2-1-8(17(19)20)10(14-9)15-3-4-16-7(6-15)5-13-11(16)18/h1-2,7H,3-6H2,(H,13,18). The predicted molar refractivity (Wildman–Crippen MR) is 72.0 cm³/mol. The molecule has 0 aliphatic carbocycles. The van der Waals surface area contributed by atoms with Crippen molar-refractivity contribution in [1.82, 2.24) is 15.2 Å². The van der Waals surface area contributed by atoms with Gasteiger partial charge < -0.3 is 15.1 Å². The van der Waals surface area contributed by atoms with Gasteiger partial charge in [-0.25, -0.2) is 9.78 Å². The van der Waals surface area contributed by atoms with Crippen molar-refractivity contribution >= 4 is 29.1 Å². The molecule has 2 aliphatic heterocycles. The Bertz CT molecular complexity index is 581. The number of urea groups is 1. The first-order chi connectivity index (χ1) is 9.56. The molecule has 0 saturated carbocycles. The van der Waals surface area contributed by atoms with Crippen LogP contribution in [0.4, 0.5) is 16.3 Å². The summed E-state index contributed by atoms with van der Waals surface area (Å²) in [5.74, 6) is 0.265. The first kappa shape index (κ1) is 12.9. The average Bonchev–Trinajstić information content (AvgIpc) is 2.79. The molecule has 1 aromatic heterocycles. The summed E-state index contributed by atoms with van der Waals surface area (Å²) in [6.45, 7) is 2.07. The van der Waals surface area contributed by atoms with E-state index >= 15 is 0 Å². The zero-order chi connectivity index (χ0) is 14.3. The number of carbonyl (C=O) groups is 1. The number of fused-ring (bicyclic) bond motifs is 1. The van der Waals surface area contributed by atoms with E-state index in [-0.39, 0.29) is 28.7 Å². The summed E-state index contributed by atoms with van der Waals surface area (Å²) in [4.78, 5) is 29.8. The number of anilines is 1. The van der Waals surface area contributed by atoms with E-state index in [1.54, 1.807) is 4.90 Å². The van der Waals surface area contributed by atoms with Crippen LogP contribution in [0.5, 0.6) is 0 Å². The lowest BCUT2D eigenvalue weighted by atomic mass is 10.2. The molecule has 2 amide bonds. The van der Waals surface area contributed by atoms with Crippen molar-refractivity contribution in [2.45, 2.75) is 6.04 Å². The van der Waals surface area contributed by atoms with E-state index in [1.165, 1.54) is 12.1 Å². The van der Waals surface area contributed by atoms with Crippen LogP contribution in [0.15, 0.2) is 12.1 Å². The highest BCUT2D eigenvalue weighted by molar-refractivity contribution is 6.29. The van der Waals surface area contributed by atoms with E-state index < -0.39 is 4.92 Å². The van der Waals surface area contributed by atoms with E-state index in [4.69, 9.17) is 11.6 Å². The normalized spacial score (nSPS) is 21.6. The number of hydrogen-bond donors (Lipinski definition) is 1. The van der Waals surface area contributed by atoms with Gasteiger partial charge in [0.15, 0.2) is 0 Å². The largest absolute Gasteiger partial charge is 0.347 e. The van der Waals surface area contributed by atoms with Gasteiger partial charge in [-0.3, -0.25) is 10.1 Å². The fraction of sp³-hybridized carbons (Fsp3) is 0.455. The van der Waals surface area contributed by atoms with E-state index in [0.717, 1.165) is 0 Å². The average molecular weight is 298 g/mol. The quantitative estimate of drug-likeness (QED) is 0.496. The zero-order valence-corrected chi connectivity index (χ0v) is 11.2. The molecule has 8 nitrogen and oxygen atoms in total. The lowest BCUT2D eigenvalue weighted by Crippen LogP contribution is -2.52. The van der Waals surface area contributed by atoms with Gasteiger partial charge in [-0.05, 0) is 6.07 Å².